The molecule has 0 saturated heterocycles. The Kier molecular flexibility index (Phi) is 3.23. The summed E-state index contributed by atoms with van der Waals surface area (Å²) in [5.74, 6) is 0. The predicted molar refractivity (Wildman–Crippen MR) is 67.6 cm³/mol. The summed E-state index contributed by atoms with van der Waals surface area (Å²) in [6, 6.07) is 11.6. The van der Waals surface area contributed by atoms with Crippen LogP contribution < -0.4 is 5.56 Å². The Bertz CT molecular complexity index is 620. The number of rotatable bonds is 3. The minimum atomic E-state index is -0.506. The predicted octanol–water partition coefficient (Wildman–Crippen LogP) is 2.37. The van der Waals surface area contributed by atoms with Crippen LogP contribution in [-0.2, 0) is 0 Å². The Morgan fingerprint density at radius 2 is 1.83 bits per heavy atom. The van der Waals surface area contributed by atoms with Crippen LogP contribution in [0.15, 0.2) is 53.5 Å². The first-order valence-electron chi connectivity index (χ1n) is 5.51. The molecule has 0 aliphatic rings. The van der Waals surface area contributed by atoms with Crippen LogP contribution in [-0.4, -0.2) is 9.49 Å². The van der Waals surface area contributed by atoms with E-state index in [0.717, 1.165) is 5.56 Å². The molecule has 0 aliphatic carbocycles. The van der Waals surface area contributed by atoms with Gasteiger partial charge in [0.1, 0.15) is 0 Å². The first-order valence-corrected chi connectivity index (χ1v) is 5.51. The summed E-state index contributed by atoms with van der Waals surface area (Å²) >= 11 is 0. The maximum atomic E-state index is 11.7. The molecule has 1 aromatic carbocycles. The van der Waals surface area contributed by atoms with E-state index < -0.39 is 4.92 Å². The maximum absolute atomic E-state index is 11.7. The third-order valence-corrected chi connectivity index (χ3v) is 2.83. The SMILES string of the molecule is CC(c1ccccc1)n1cc([N+](=O)[O-])ccc1=O. The van der Waals surface area contributed by atoms with E-state index in [2.05, 4.69) is 0 Å². The number of nitrogens with zero attached hydrogens (tertiary/aromatic N) is 2. The molecule has 1 atom stereocenters. The van der Waals surface area contributed by atoms with Gasteiger partial charge in [-0.2, -0.15) is 0 Å². The summed E-state index contributed by atoms with van der Waals surface area (Å²) in [5.41, 5.74) is 0.592. The molecule has 2 rings (SSSR count). The van der Waals surface area contributed by atoms with Crippen molar-refractivity contribution in [2.45, 2.75) is 13.0 Å². The van der Waals surface area contributed by atoms with Crippen molar-refractivity contribution < 1.29 is 4.92 Å². The summed E-state index contributed by atoms with van der Waals surface area (Å²) < 4.78 is 1.37. The highest BCUT2D eigenvalue weighted by Crippen LogP contribution is 2.17. The molecule has 0 N–H and O–H groups in total. The Labute approximate surface area is 103 Å². The molecule has 0 amide bonds. The molecular weight excluding hydrogens is 232 g/mol. The summed E-state index contributed by atoms with van der Waals surface area (Å²) in [7, 11) is 0. The molecule has 2 aromatic rings. The van der Waals surface area contributed by atoms with E-state index in [-0.39, 0.29) is 17.3 Å². The zero-order chi connectivity index (χ0) is 13.1. The van der Waals surface area contributed by atoms with E-state index in [1.54, 1.807) is 0 Å². The van der Waals surface area contributed by atoms with Crippen molar-refractivity contribution >= 4 is 5.69 Å². The molecule has 1 aromatic heterocycles. The van der Waals surface area contributed by atoms with E-state index in [1.807, 2.05) is 37.3 Å². The molecule has 0 fully saturated rings. The van der Waals surface area contributed by atoms with Crippen molar-refractivity contribution in [2.24, 2.45) is 0 Å². The summed E-state index contributed by atoms with van der Waals surface area (Å²) in [5, 5.41) is 10.7. The summed E-state index contributed by atoms with van der Waals surface area (Å²) in [4.78, 5) is 22.0. The zero-order valence-electron chi connectivity index (χ0n) is 9.82. The molecule has 5 nitrogen and oxygen atoms in total. The zero-order valence-corrected chi connectivity index (χ0v) is 9.82. The smallest absolute Gasteiger partial charge is 0.285 e. The fourth-order valence-electron chi connectivity index (χ4n) is 1.79. The second-order valence-corrected chi connectivity index (χ2v) is 3.98. The first-order chi connectivity index (χ1) is 8.59. The lowest BCUT2D eigenvalue weighted by atomic mass is 10.1. The second-order valence-electron chi connectivity index (χ2n) is 3.98. The Morgan fingerprint density at radius 1 is 1.17 bits per heavy atom. The van der Waals surface area contributed by atoms with Gasteiger partial charge in [0.05, 0.1) is 17.2 Å². The third-order valence-electron chi connectivity index (χ3n) is 2.83. The van der Waals surface area contributed by atoms with Crippen molar-refractivity contribution in [3.8, 4) is 0 Å². The van der Waals surface area contributed by atoms with Gasteiger partial charge in [-0.05, 0) is 12.5 Å². The number of nitro groups is 1. The molecular formula is C13H12N2O3. The molecule has 0 bridgehead atoms. The Balaban J connectivity index is 2.48. The van der Waals surface area contributed by atoms with Crippen LogP contribution in [0.2, 0.25) is 0 Å². The van der Waals surface area contributed by atoms with Crippen LogP contribution in [0.25, 0.3) is 0 Å². The number of aromatic nitrogens is 1. The van der Waals surface area contributed by atoms with Crippen LogP contribution in [0.3, 0.4) is 0 Å². The van der Waals surface area contributed by atoms with Gasteiger partial charge in [-0.3, -0.25) is 14.9 Å². The lowest BCUT2D eigenvalue weighted by molar-refractivity contribution is -0.385. The number of hydrogen-bond acceptors (Lipinski definition) is 3. The van der Waals surface area contributed by atoms with Crippen LogP contribution in [0.4, 0.5) is 5.69 Å². The number of benzene rings is 1. The molecule has 1 unspecified atom stereocenters. The van der Waals surface area contributed by atoms with Crippen molar-refractivity contribution in [1.82, 2.24) is 4.57 Å². The quantitative estimate of drug-likeness (QED) is 0.615. The van der Waals surface area contributed by atoms with Gasteiger partial charge >= 0.3 is 0 Å². The van der Waals surface area contributed by atoms with Gasteiger partial charge in [-0.25, -0.2) is 0 Å². The number of hydrogen-bond donors (Lipinski definition) is 0. The van der Waals surface area contributed by atoms with E-state index in [0.29, 0.717) is 0 Å². The monoisotopic (exact) mass is 244 g/mol. The van der Waals surface area contributed by atoms with Gasteiger partial charge in [0.25, 0.3) is 11.2 Å². The van der Waals surface area contributed by atoms with Crippen molar-refractivity contribution in [3.05, 3.63) is 74.7 Å². The maximum Gasteiger partial charge on any atom is 0.285 e. The highest BCUT2D eigenvalue weighted by molar-refractivity contribution is 5.27. The molecule has 0 saturated carbocycles. The minimum absolute atomic E-state index is 0.0858. The molecule has 1 heterocycles. The minimum Gasteiger partial charge on any atom is -0.301 e. The Hall–Kier alpha value is -2.43. The van der Waals surface area contributed by atoms with Gasteiger partial charge in [-0.1, -0.05) is 30.3 Å². The van der Waals surface area contributed by atoms with Crippen LogP contribution in [0.1, 0.15) is 18.5 Å². The molecule has 0 radical (unpaired) electrons. The normalized spacial score (nSPS) is 12.1. The largest absolute Gasteiger partial charge is 0.301 e. The van der Waals surface area contributed by atoms with Crippen molar-refractivity contribution in [2.75, 3.05) is 0 Å². The Morgan fingerprint density at radius 3 is 2.44 bits per heavy atom. The van der Waals surface area contributed by atoms with Gasteiger partial charge in [-0.15, -0.1) is 0 Å². The van der Waals surface area contributed by atoms with Gasteiger partial charge in [0, 0.05) is 12.1 Å². The van der Waals surface area contributed by atoms with Crippen LogP contribution in [0, 0.1) is 10.1 Å². The van der Waals surface area contributed by atoms with E-state index >= 15 is 0 Å². The van der Waals surface area contributed by atoms with Gasteiger partial charge in [0.2, 0.25) is 0 Å². The fourth-order valence-corrected chi connectivity index (χ4v) is 1.79. The highest BCUT2D eigenvalue weighted by Gasteiger charge is 2.13. The average Bonchev–Trinajstić information content (AvgIpc) is 2.39. The third kappa shape index (κ3) is 2.29. The highest BCUT2D eigenvalue weighted by atomic mass is 16.6. The molecule has 92 valence electrons. The van der Waals surface area contributed by atoms with E-state index in [1.165, 1.54) is 22.9 Å². The average molecular weight is 244 g/mol. The number of pyridine rings is 1. The van der Waals surface area contributed by atoms with Crippen molar-refractivity contribution in [3.63, 3.8) is 0 Å². The van der Waals surface area contributed by atoms with Gasteiger partial charge < -0.3 is 4.57 Å². The standard InChI is InChI=1S/C13H12N2O3/c1-10(11-5-3-2-4-6-11)14-9-12(15(17)18)7-8-13(14)16/h2-10H,1H3. The lowest BCUT2D eigenvalue weighted by Gasteiger charge is -2.14. The molecule has 0 spiro atoms. The second kappa shape index (κ2) is 4.83. The van der Waals surface area contributed by atoms with Crippen molar-refractivity contribution in [1.29, 1.82) is 0 Å². The molecule has 5 heteroatoms. The van der Waals surface area contributed by atoms with Crippen LogP contribution >= 0.6 is 0 Å². The van der Waals surface area contributed by atoms with E-state index in [9.17, 15) is 14.9 Å². The lowest BCUT2D eigenvalue weighted by Crippen LogP contribution is -2.22. The molecule has 0 aliphatic heterocycles. The van der Waals surface area contributed by atoms with Crippen LogP contribution in [0.5, 0.6) is 0 Å². The first kappa shape index (κ1) is 12.0. The summed E-state index contributed by atoms with van der Waals surface area (Å²) in [6.45, 7) is 1.83. The topological polar surface area (TPSA) is 65.1 Å². The van der Waals surface area contributed by atoms with Gasteiger partial charge in [0.15, 0.2) is 0 Å². The fraction of sp³-hybridized carbons (Fsp3) is 0.154. The van der Waals surface area contributed by atoms with E-state index in [4.69, 9.17) is 0 Å². The summed E-state index contributed by atoms with van der Waals surface area (Å²) in [6.07, 6.45) is 1.28. The molecule has 18 heavy (non-hydrogen) atoms.